The van der Waals surface area contributed by atoms with E-state index in [2.05, 4.69) is 62.3 Å². The Kier molecular flexibility index (Phi) is 5.19. The Hall–Kier alpha value is 0. The van der Waals surface area contributed by atoms with Crippen LogP contribution in [0.15, 0.2) is 0 Å². The summed E-state index contributed by atoms with van der Waals surface area (Å²) >= 11 is 0. The van der Waals surface area contributed by atoms with E-state index in [4.69, 9.17) is 0 Å². The van der Waals surface area contributed by atoms with Gasteiger partial charge < -0.3 is 0 Å². The third kappa shape index (κ3) is 3.03. The lowest BCUT2D eigenvalue weighted by atomic mass is 9.46. The average Bonchev–Trinajstić information content (AvgIpc) is 2.31. The van der Waals surface area contributed by atoms with Crippen LogP contribution in [0, 0.1) is 40.4 Å². The van der Waals surface area contributed by atoms with E-state index in [-0.39, 0.29) is 0 Å². The molecule has 19 heavy (non-hydrogen) atoms. The molecule has 4 unspecified atom stereocenters. The zero-order chi connectivity index (χ0) is 15.0. The van der Waals surface area contributed by atoms with Crippen LogP contribution >= 0.6 is 0 Å². The van der Waals surface area contributed by atoms with Gasteiger partial charge in [0, 0.05) is 0 Å². The molecule has 0 heterocycles. The van der Waals surface area contributed by atoms with E-state index in [1.807, 2.05) is 0 Å². The molecule has 0 amide bonds. The van der Waals surface area contributed by atoms with Gasteiger partial charge in [-0.1, -0.05) is 62.3 Å². The molecule has 0 aromatic carbocycles. The minimum absolute atomic E-state index is 0.490. The van der Waals surface area contributed by atoms with Crippen LogP contribution in [0.3, 0.4) is 0 Å². The maximum absolute atomic E-state index is 2.52. The quantitative estimate of drug-likeness (QED) is 0.521. The SMILES string of the molecule is CCC1(C(C)C)CC(CC(C)(C)C(C)C(C)C)C1C. The van der Waals surface area contributed by atoms with E-state index >= 15 is 0 Å². The van der Waals surface area contributed by atoms with Crippen LogP contribution in [0.2, 0.25) is 0 Å². The predicted octanol–water partition coefficient (Wildman–Crippen LogP) is 6.40. The standard InChI is InChI=1S/C19H38/c1-10-19(14(4)5)12-17(16(19)7)11-18(8,9)15(6)13(2)3/h13-17H,10-12H2,1-9H3. The molecule has 1 aliphatic carbocycles. The van der Waals surface area contributed by atoms with Gasteiger partial charge in [-0.2, -0.15) is 0 Å². The first-order valence-corrected chi connectivity index (χ1v) is 8.58. The highest BCUT2D eigenvalue weighted by Gasteiger charge is 2.52. The van der Waals surface area contributed by atoms with Gasteiger partial charge in [-0.3, -0.25) is 0 Å². The monoisotopic (exact) mass is 266 g/mol. The zero-order valence-electron chi connectivity index (χ0n) is 15.0. The van der Waals surface area contributed by atoms with Crippen molar-refractivity contribution in [3.63, 3.8) is 0 Å². The van der Waals surface area contributed by atoms with Gasteiger partial charge in [-0.25, -0.2) is 0 Å². The summed E-state index contributed by atoms with van der Waals surface area (Å²) in [6.45, 7) is 22.0. The number of rotatable bonds is 6. The summed E-state index contributed by atoms with van der Waals surface area (Å²) in [5, 5.41) is 0. The predicted molar refractivity (Wildman–Crippen MR) is 87.2 cm³/mol. The topological polar surface area (TPSA) is 0 Å². The third-order valence-corrected chi connectivity index (χ3v) is 7.09. The smallest absolute Gasteiger partial charge is 0.0246 e. The Labute approximate surface area is 122 Å². The van der Waals surface area contributed by atoms with Gasteiger partial charge >= 0.3 is 0 Å². The number of hydrogen-bond acceptors (Lipinski definition) is 0. The molecule has 0 spiro atoms. The second-order valence-electron chi connectivity index (χ2n) is 8.72. The van der Waals surface area contributed by atoms with E-state index in [1.54, 1.807) is 0 Å². The molecule has 0 aromatic rings. The normalized spacial score (nSPS) is 33.6. The lowest BCUT2D eigenvalue weighted by Gasteiger charge is -2.59. The fraction of sp³-hybridized carbons (Fsp3) is 1.00. The lowest BCUT2D eigenvalue weighted by Crippen LogP contribution is -2.51. The van der Waals surface area contributed by atoms with E-state index < -0.39 is 0 Å². The van der Waals surface area contributed by atoms with Gasteiger partial charge in [0.05, 0.1) is 0 Å². The van der Waals surface area contributed by atoms with Crippen LogP contribution in [0.1, 0.15) is 81.6 Å². The fourth-order valence-corrected chi connectivity index (χ4v) is 4.81. The van der Waals surface area contributed by atoms with Gasteiger partial charge in [0.25, 0.3) is 0 Å². The zero-order valence-corrected chi connectivity index (χ0v) is 15.0. The first-order chi connectivity index (χ1) is 8.58. The van der Waals surface area contributed by atoms with Gasteiger partial charge in [-0.15, -0.1) is 0 Å². The van der Waals surface area contributed by atoms with Crippen LogP contribution in [0.4, 0.5) is 0 Å². The summed E-state index contributed by atoms with van der Waals surface area (Å²) in [6.07, 6.45) is 4.25. The largest absolute Gasteiger partial charge is 0.0648 e. The molecular weight excluding hydrogens is 228 g/mol. The van der Waals surface area contributed by atoms with Crippen molar-refractivity contribution >= 4 is 0 Å². The molecule has 0 nitrogen and oxygen atoms in total. The van der Waals surface area contributed by atoms with Gasteiger partial charge in [0.15, 0.2) is 0 Å². The summed E-state index contributed by atoms with van der Waals surface area (Å²) in [6, 6.07) is 0. The van der Waals surface area contributed by atoms with Gasteiger partial charge in [-0.05, 0) is 59.7 Å². The van der Waals surface area contributed by atoms with Gasteiger partial charge in [0.1, 0.15) is 0 Å². The van der Waals surface area contributed by atoms with Crippen LogP contribution in [-0.2, 0) is 0 Å². The molecule has 0 radical (unpaired) electrons. The molecule has 1 aliphatic rings. The molecule has 114 valence electrons. The molecule has 0 heteroatoms. The van der Waals surface area contributed by atoms with Crippen LogP contribution < -0.4 is 0 Å². The molecular formula is C19H38. The van der Waals surface area contributed by atoms with Crippen molar-refractivity contribution in [2.75, 3.05) is 0 Å². The lowest BCUT2D eigenvalue weighted by molar-refractivity contribution is -0.0956. The summed E-state index contributed by atoms with van der Waals surface area (Å²) in [5.41, 5.74) is 1.13. The first kappa shape index (κ1) is 17.1. The molecule has 1 saturated carbocycles. The summed E-state index contributed by atoms with van der Waals surface area (Å²) < 4.78 is 0. The highest BCUT2D eigenvalue weighted by Crippen LogP contribution is 2.60. The Morgan fingerprint density at radius 3 is 1.95 bits per heavy atom. The Morgan fingerprint density at radius 2 is 1.63 bits per heavy atom. The molecule has 1 fully saturated rings. The minimum Gasteiger partial charge on any atom is -0.0648 e. The molecule has 0 aromatic heterocycles. The van der Waals surface area contributed by atoms with Crippen molar-refractivity contribution in [1.82, 2.24) is 0 Å². The maximum atomic E-state index is 2.52. The van der Waals surface area contributed by atoms with Crippen molar-refractivity contribution in [3.05, 3.63) is 0 Å². The van der Waals surface area contributed by atoms with Crippen molar-refractivity contribution in [2.45, 2.75) is 81.6 Å². The molecule has 4 atom stereocenters. The Balaban J connectivity index is 2.67. The summed E-state index contributed by atoms with van der Waals surface area (Å²) in [7, 11) is 0. The van der Waals surface area contributed by atoms with Crippen LogP contribution in [0.25, 0.3) is 0 Å². The van der Waals surface area contributed by atoms with Crippen LogP contribution in [0.5, 0.6) is 0 Å². The first-order valence-electron chi connectivity index (χ1n) is 8.58. The van der Waals surface area contributed by atoms with E-state index in [0.717, 1.165) is 29.6 Å². The molecule has 0 N–H and O–H groups in total. The van der Waals surface area contributed by atoms with Gasteiger partial charge in [0.2, 0.25) is 0 Å². The van der Waals surface area contributed by atoms with Crippen molar-refractivity contribution in [2.24, 2.45) is 40.4 Å². The second kappa shape index (κ2) is 5.78. The molecule has 0 aliphatic heterocycles. The highest BCUT2D eigenvalue weighted by atomic mass is 14.6. The van der Waals surface area contributed by atoms with E-state index in [0.29, 0.717) is 10.8 Å². The Bertz CT molecular complexity index is 286. The summed E-state index contributed by atoms with van der Waals surface area (Å²) in [5.74, 6) is 4.32. The maximum Gasteiger partial charge on any atom is -0.0246 e. The van der Waals surface area contributed by atoms with Crippen molar-refractivity contribution in [3.8, 4) is 0 Å². The minimum atomic E-state index is 0.490. The number of hydrogen-bond donors (Lipinski definition) is 0. The molecule has 0 bridgehead atoms. The third-order valence-electron chi connectivity index (χ3n) is 7.09. The molecule has 1 rings (SSSR count). The second-order valence-corrected chi connectivity index (χ2v) is 8.72. The summed E-state index contributed by atoms with van der Waals surface area (Å²) in [4.78, 5) is 0. The molecule has 0 saturated heterocycles. The van der Waals surface area contributed by atoms with Crippen molar-refractivity contribution in [1.29, 1.82) is 0 Å². The van der Waals surface area contributed by atoms with Crippen molar-refractivity contribution < 1.29 is 0 Å². The fourth-order valence-electron chi connectivity index (χ4n) is 4.81. The Morgan fingerprint density at radius 1 is 1.11 bits per heavy atom. The van der Waals surface area contributed by atoms with E-state index in [1.165, 1.54) is 19.3 Å². The highest BCUT2D eigenvalue weighted by molar-refractivity contribution is 5.01. The van der Waals surface area contributed by atoms with Crippen LogP contribution in [-0.4, -0.2) is 0 Å². The van der Waals surface area contributed by atoms with E-state index in [9.17, 15) is 0 Å². The average molecular weight is 267 g/mol.